The van der Waals surface area contributed by atoms with E-state index < -0.39 is 55.2 Å². The summed E-state index contributed by atoms with van der Waals surface area (Å²) in [6, 6.07) is 27.8. The topological polar surface area (TPSA) is 274 Å². The largest absolute Gasteiger partial charge is 0.356 e. The second-order valence-electron chi connectivity index (χ2n) is 15.1. The number of halogens is 2. The van der Waals surface area contributed by atoms with Gasteiger partial charge in [-0.05, 0) is 119 Å². The van der Waals surface area contributed by atoms with Crippen LogP contribution in [0.3, 0.4) is 0 Å². The van der Waals surface area contributed by atoms with Crippen molar-refractivity contribution in [1.29, 1.82) is 0 Å². The lowest BCUT2D eigenvalue weighted by Gasteiger charge is -2.37. The number of hydrogen-bond acceptors (Lipinski definition) is 10. The van der Waals surface area contributed by atoms with Gasteiger partial charge in [0.05, 0.1) is 36.7 Å². The number of alkyl halides is 2. The molecule has 2 aromatic heterocycles. The summed E-state index contributed by atoms with van der Waals surface area (Å²) in [5.74, 6) is 0. The van der Waals surface area contributed by atoms with Crippen molar-refractivity contribution >= 4 is 91.8 Å². The van der Waals surface area contributed by atoms with Gasteiger partial charge < -0.3 is 9.97 Å². The van der Waals surface area contributed by atoms with E-state index in [4.69, 9.17) is 33.2 Å². The monoisotopic (exact) mass is 1000 g/mol. The van der Waals surface area contributed by atoms with Crippen LogP contribution in [0.25, 0.3) is 16.7 Å². The van der Waals surface area contributed by atoms with Crippen molar-refractivity contribution in [3.8, 4) is 0 Å². The number of hydrogen-bond donors (Lipinski definition) is 6. The SMILES string of the molecule is O=S(=O)(O)c1ccc(C2=C3C=CC(=N3)C(c3ccc(S(=O)(=O)O)cc3)=c3ccc([nH]3)=C(c3ccc(S(=O)(=O)O)cc3)c3ccc([nH]3)[C@](Cl)(c3ccc(S(=O)(=O)O)cc3)[C@@]3(Cl)C=CC2=N3)cc1. The lowest BCUT2D eigenvalue weighted by molar-refractivity contribution is 0.480. The van der Waals surface area contributed by atoms with Crippen LogP contribution in [-0.4, -0.2) is 78.3 Å². The highest BCUT2D eigenvalue weighted by Crippen LogP contribution is 2.53. The number of aromatic nitrogens is 2. The fourth-order valence-corrected chi connectivity index (χ4v) is 10.6. The van der Waals surface area contributed by atoms with Crippen LogP contribution in [0.1, 0.15) is 33.6 Å². The van der Waals surface area contributed by atoms with E-state index >= 15 is 0 Å². The highest BCUT2D eigenvalue weighted by molar-refractivity contribution is 7.86. The normalized spacial score (nSPS) is 19.9. The van der Waals surface area contributed by atoms with Crippen molar-refractivity contribution in [2.45, 2.75) is 29.5 Å². The maximum atomic E-state index is 12.1. The molecule has 0 saturated carbocycles. The third-order valence-corrected chi connectivity index (χ3v) is 15.8. The molecule has 6 N–H and O–H groups in total. The van der Waals surface area contributed by atoms with E-state index in [1.54, 1.807) is 42.5 Å². The van der Waals surface area contributed by atoms with Crippen LogP contribution < -0.4 is 10.7 Å². The maximum Gasteiger partial charge on any atom is 0.294 e. The molecule has 0 aliphatic carbocycles. The highest BCUT2D eigenvalue weighted by atomic mass is 35.5. The molecule has 3 aliphatic rings. The summed E-state index contributed by atoms with van der Waals surface area (Å²) >= 11 is 15.4. The molecule has 2 atom stereocenters. The molecule has 4 aromatic carbocycles. The quantitative estimate of drug-likeness (QED) is 0.0614. The van der Waals surface area contributed by atoms with E-state index in [1.165, 1.54) is 91.0 Å². The Kier molecular flexibility index (Phi) is 10.8. The van der Waals surface area contributed by atoms with Crippen LogP contribution in [0.2, 0.25) is 0 Å². The average molecular weight is 1010 g/mol. The van der Waals surface area contributed by atoms with Crippen molar-refractivity contribution in [2.24, 2.45) is 9.98 Å². The number of H-pyrrole nitrogens is 2. The molecule has 5 heterocycles. The summed E-state index contributed by atoms with van der Waals surface area (Å²) in [4.78, 5) is 11.4. The molecule has 0 fully saturated rings. The summed E-state index contributed by atoms with van der Waals surface area (Å²) in [6.45, 7) is 0. The molecule has 22 heteroatoms. The van der Waals surface area contributed by atoms with Crippen molar-refractivity contribution in [3.05, 3.63) is 196 Å². The van der Waals surface area contributed by atoms with Crippen LogP contribution in [0.4, 0.5) is 0 Å². The van der Waals surface area contributed by atoms with Gasteiger partial charge >= 0.3 is 0 Å². The number of aliphatic imine (C=N–C) groups is 2. The molecule has 3 aliphatic heterocycles. The Balaban J connectivity index is 1.40. The molecule has 0 unspecified atom stereocenters. The van der Waals surface area contributed by atoms with Gasteiger partial charge in [-0.3, -0.25) is 23.2 Å². The summed E-state index contributed by atoms with van der Waals surface area (Å²) in [5.41, 5.74) is 4.10. The number of allylic oxidation sites excluding steroid dienone is 4. The average Bonchev–Trinajstić information content (AvgIpc) is 4.10. The van der Waals surface area contributed by atoms with Crippen LogP contribution >= 0.6 is 23.2 Å². The molecule has 16 nitrogen and oxygen atoms in total. The van der Waals surface area contributed by atoms with Crippen molar-refractivity contribution < 1.29 is 51.9 Å². The Morgan fingerprint density at radius 3 is 1.38 bits per heavy atom. The second-order valence-corrected chi connectivity index (χ2v) is 21.9. The Morgan fingerprint density at radius 1 is 0.455 bits per heavy atom. The first-order chi connectivity index (χ1) is 30.9. The second kappa shape index (κ2) is 15.8. The van der Waals surface area contributed by atoms with E-state index in [0.717, 1.165) is 12.1 Å². The van der Waals surface area contributed by atoms with Gasteiger partial charge in [-0.1, -0.05) is 60.1 Å². The lowest BCUT2D eigenvalue weighted by Crippen LogP contribution is -2.41. The molecule has 0 radical (unpaired) electrons. The summed E-state index contributed by atoms with van der Waals surface area (Å²) in [6.07, 6.45) is 6.42. The Morgan fingerprint density at radius 2 is 0.894 bits per heavy atom. The van der Waals surface area contributed by atoms with Gasteiger partial charge in [0.1, 0.15) is 0 Å². The standard InChI is InChI=1S/C44H30Cl2N4O12S4/c45-43-24-23-38(50-43)42(27-5-13-31(14-6-27)65(57,58)59)36-20-19-34(48-36)40(25-1-9-29(10-2-25)63(51,52)53)33-17-18-35(47-33)41(26-3-11-30(12-4-26)64(54,55)56)37-21-22-39(49-37)44(43,46)28-7-15-32(16-8-28)66(60,61)62/h1-24,47,49H,(H,51,52,53)(H,54,55,56)(H,57,58,59)(H,60,61,62)/t43-,44-/m1/s1. The number of aromatic amines is 2. The van der Waals surface area contributed by atoms with Gasteiger partial charge in [0.15, 0.2) is 9.87 Å². The molecule has 336 valence electrons. The molecular formula is C44H30Cl2N4O12S4. The molecule has 0 spiro atoms. The lowest BCUT2D eigenvalue weighted by atomic mass is 9.87. The maximum absolute atomic E-state index is 12.1. The van der Waals surface area contributed by atoms with Crippen molar-refractivity contribution in [2.75, 3.05) is 0 Å². The highest BCUT2D eigenvalue weighted by Gasteiger charge is 2.54. The first kappa shape index (κ1) is 45.1. The van der Waals surface area contributed by atoms with Crippen LogP contribution in [0.15, 0.2) is 181 Å². The number of nitrogens with one attached hydrogen (secondary N) is 2. The van der Waals surface area contributed by atoms with Gasteiger partial charge in [-0.15, -0.1) is 11.6 Å². The Hall–Kier alpha value is -6.04. The minimum atomic E-state index is -4.64. The van der Waals surface area contributed by atoms with Gasteiger partial charge in [0.2, 0.25) is 0 Å². The zero-order valence-corrected chi connectivity index (χ0v) is 38.0. The zero-order chi connectivity index (χ0) is 47.2. The molecule has 66 heavy (non-hydrogen) atoms. The molecule has 0 saturated heterocycles. The fraction of sp³-hybridized carbons (Fsp3) is 0.0455. The van der Waals surface area contributed by atoms with E-state index in [-0.39, 0.29) is 37.4 Å². The third kappa shape index (κ3) is 8.04. The van der Waals surface area contributed by atoms with E-state index in [0.29, 0.717) is 55.5 Å². The first-order valence-electron chi connectivity index (χ1n) is 19.1. The Bertz CT molecular complexity index is 3810. The number of benzene rings is 4. The fourth-order valence-electron chi connectivity index (χ4n) is 7.95. The van der Waals surface area contributed by atoms with Gasteiger partial charge in [0.25, 0.3) is 40.5 Å². The van der Waals surface area contributed by atoms with E-state index in [9.17, 15) is 51.9 Å². The molecular weight excluding hydrogens is 976 g/mol. The molecule has 6 aromatic rings. The van der Waals surface area contributed by atoms with Crippen LogP contribution in [-0.2, 0) is 45.3 Å². The van der Waals surface area contributed by atoms with Crippen molar-refractivity contribution in [3.63, 3.8) is 0 Å². The minimum Gasteiger partial charge on any atom is -0.356 e. The number of rotatable bonds is 8. The third-order valence-electron chi connectivity index (χ3n) is 11.1. The predicted octanol–water partition coefficient (Wildman–Crippen LogP) is 5.64. The predicted molar refractivity (Wildman–Crippen MR) is 245 cm³/mol. The Labute approximate surface area is 386 Å². The minimum absolute atomic E-state index is 0.195. The summed E-state index contributed by atoms with van der Waals surface area (Å²) < 4.78 is 136. The molecule has 8 bridgehead atoms. The van der Waals surface area contributed by atoms with Crippen molar-refractivity contribution in [1.82, 2.24) is 9.97 Å². The van der Waals surface area contributed by atoms with E-state index in [1.807, 2.05) is 0 Å². The van der Waals surface area contributed by atoms with Gasteiger partial charge in [-0.2, -0.15) is 33.7 Å². The van der Waals surface area contributed by atoms with E-state index in [2.05, 4.69) is 9.97 Å². The molecule has 9 rings (SSSR count). The number of fused-ring (bicyclic) bond motifs is 6. The van der Waals surface area contributed by atoms with Gasteiger partial charge in [0, 0.05) is 38.8 Å². The van der Waals surface area contributed by atoms with Gasteiger partial charge in [-0.25, -0.2) is 4.99 Å². The molecule has 0 amide bonds. The van der Waals surface area contributed by atoms with Crippen LogP contribution in [0.5, 0.6) is 0 Å². The van der Waals surface area contributed by atoms with Crippen LogP contribution in [0, 0.1) is 0 Å². The summed E-state index contributed by atoms with van der Waals surface area (Å²) in [7, 11) is -18.4. The smallest absolute Gasteiger partial charge is 0.294 e. The number of nitrogens with zero attached hydrogens (tertiary/aromatic N) is 2. The summed E-state index contributed by atoms with van der Waals surface area (Å²) in [5, 5.41) is 0.886. The first-order valence-corrected chi connectivity index (χ1v) is 25.6. The zero-order valence-electron chi connectivity index (χ0n) is 33.2.